The maximum absolute atomic E-state index is 13.1. The number of nitrogens with two attached hydrogens (primary N) is 2. The Bertz CT molecular complexity index is 1230. The SMILES string of the molecule is Nc1nc(N2CCC3(CC2)Cc2ccccc2[C@H]3N)cnc1C(=O)N1CCc2ncccc21. The molecule has 1 fully saturated rings. The van der Waals surface area contributed by atoms with E-state index < -0.39 is 0 Å². The Morgan fingerprint density at radius 2 is 1.88 bits per heavy atom. The van der Waals surface area contributed by atoms with Gasteiger partial charge in [-0.25, -0.2) is 9.97 Å². The quantitative estimate of drug-likeness (QED) is 0.628. The van der Waals surface area contributed by atoms with Crippen molar-refractivity contribution in [3.05, 3.63) is 71.3 Å². The Morgan fingerprint density at radius 3 is 2.67 bits per heavy atom. The van der Waals surface area contributed by atoms with Crippen LogP contribution in [0.2, 0.25) is 0 Å². The molecule has 1 aliphatic carbocycles. The average Bonchev–Trinajstić information content (AvgIpc) is 3.39. The third-order valence-corrected chi connectivity index (χ3v) is 7.64. The third-order valence-electron chi connectivity index (χ3n) is 7.64. The van der Waals surface area contributed by atoms with Gasteiger partial charge >= 0.3 is 0 Å². The van der Waals surface area contributed by atoms with Crippen molar-refractivity contribution in [2.45, 2.75) is 31.7 Å². The fourth-order valence-corrected chi connectivity index (χ4v) is 5.74. The summed E-state index contributed by atoms with van der Waals surface area (Å²) in [5.74, 6) is 0.650. The first kappa shape index (κ1) is 20.1. The van der Waals surface area contributed by atoms with Crippen molar-refractivity contribution >= 4 is 23.2 Å². The number of nitrogen functional groups attached to an aromatic ring is 1. The normalized spacial score (nSPS) is 20.7. The number of benzene rings is 1. The summed E-state index contributed by atoms with van der Waals surface area (Å²) in [6.45, 7) is 2.26. The zero-order valence-corrected chi connectivity index (χ0v) is 18.4. The zero-order chi connectivity index (χ0) is 22.6. The number of carbonyl (C=O) groups excluding carboxylic acids is 1. The average molecular weight is 442 g/mol. The largest absolute Gasteiger partial charge is 0.382 e. The van der Waals surface area contributed by atoms with Gasteiger partial charge < -0.3 is 21.3 Å². The number of anilines is 3. The molecule has 1 amide bonds. The Morgan fingerprint density at radius 1 is 1.06 bits per heavy atom. The van der Waals surface area contributed by atoms with Gasteiger partial charge in [0.1, 0.15) is 5.82 Å². The highest BCUT2D eigenvalue weighted by Gasteiger charge is 2.46. The van der Waals surface area contributed by atoms with Crippen LogP contribution in [0.15, 0.2) is 48.8 Å². The van der Waals surface area contributed by atoms with E-state index in [0.717, 1.165) is 50.2 Å². The molecule has 4 heterocycles. The van der Waals surface area contributed by atoms with Gasteiger partial charge in [0.05, 0.1) is 17.6 Å². The lowest BCUT2D eigenvalue weighted by atomic mass is 9.73. The molecule has 3 aromatic rings. The molecule has 6 rings (SSSR count). The summed E-state index contributed by atoms with van der Waals surface area (Å²) in [7, 11) is 0. The van der Waals surface area contributed by atoms with Gasteiger partial charge in [-0.05, 0) is 47.9 Å². The van der Waals surface area contributed by atoms with Gasteiger partial charge in [-0.1, -0.05) is 24.3 Å². The van der Waals surface area contributed by atoms with Crippen LogP contribution in [0.3, 0.4) is 0 Å². The summed E-state index contributed by atoms with van der Waals surface area (Å²) in [5.41, 5.74) is 17.6. The number of fused-ring (bicyclic) bond motifs is 2. The topological polar surface area (TPSA) is 114 Å². The molecule has 4 N–H and O–H groups in total. The predicted molar refractivity (Wildman–Crippen MR) is 127 cm³/mol. The molecule has 1 saturated heterocycles. The fourth-order valence-electron chi connectivity index (χ4n) is 5.74. The minimum Gasteiger partial charge on any atom is -0.382 e. The maximum atomic E-state index is 13.1. The number of nitrogens with zero attached hydrogens (tertiary/aromatic N) is 5. The summed E-state index contributed by atoms with van der Waals surface area (Å²) < 4.78 is 0. The van der Waals surface area contributed by atoms with Crippen LogP contribution >= 0.6 is 0 Å². The summed E-state index contributed by atoms with van der Waals surface area (Å²) in [6.07, 6.45) is 7.16. The van der Waals surface area contributed by atoms with Gasteiger partial charge in [0.2, 0.25) is 0 Å². The van der Waals surface area contributed by atoms with Crippen molar-refractivity contribution in [2.24, 2.45) is 11.1 Å². The van der Waals surface area contributed by atoms with E-state index in [0.29, 0.717) is 12.4 Å². The van der Waals surface area contributed by atoms with Crippen molar-refractivity contribution in [2.75, 3.05) is 35.2 Å². The van der Waals surface area contributed by atoms with E-state index in [2.05, 4.69) is 44.1 Å². The Hall–Kier alpha value is -3.52. The van der Waals surface area contributed by atoms with E-state index in [1.165, 1.54) is 11.1 Å². The van der Waals surface area contributed by atoms with Crippen molar-refractivity contribution in [1.82, 2.24) is 15.0 Å². The van der Waals surface area contributed by atoms with Crippen LogP contribution in [0.25, 0.3) is 0 Å². The minimum absolute atomic E-state index is 0.0739. The summed E-state index contributed by atoms with van der Waals surface area (Å²) in [5, 5.41) is 0. The first-order valence-electron chi connectivity index (χ1n) is 11.5. The van der Waals surface area contributed by atoms with Crippen molar-refractivity contribution in [1.29, 1.82) is 0 Å². The maximum Gasteiger partial charge on any atom is 0.280 e. The smallest absolute Gasteiger partial charge is 0.280 e. The number of pyridine rings is 1. The number of carbonyl (C=O) groups is 1. The third kappa shape index (κ3) is 3.16. The summed E-state index contributed by atoms with van der Waals surface area (Å²) in [4.78, 5) is 30.4. The van der Waals surface area contributed by atoms with E-state index in [1.807, 2.05) is 12.1 Å². The number of piperidine rings is 1. The molecule has 33 heavy (non-hydrogen) atoms. The molecule has 2 aliphatic heterocycles. The van der Waals surface area contributed by atoms with Gasteiger partial charge in [0.25, 0.3) is 5.91 Å². The van der Waals surface area contributed by atoms with Crippen LogP contribution < -0.4 is 21.3 Å². The molecular weight excluding hydrogens is 414 g/mol. The lowest BCUT2D eigenvalue weighted by Crippen LogP contribution is -2.44. The van der Waals surface area contributed by atoms with E-state index in [-0.39, 0.29) is 28.9 Å². The van der Waals surface area contributed by atoms with Gasteiger partial charge in [0, 0.05) is 38.3 Å². The Kier molecular flexibility index (Phi) is 4.58. The second-order valence-electron chi connectivity index (χ2n) is 9.34. The monoisotopic (exact) mass is 441 g/mol. The first-order chi connectivity index (χ1) is 16.1. The van der Waals surface area contributed by atoms with Crippen molar-refractivity contribution in [3.8, 4) is 0 Å². The standard InChI is InChI=1S/C25H27N7O/c26-22-17-5-2-1-4-16(17)14-25(22)8-12-31(13-9-25)20-15-29-21(23(27)30-20)24(33)32-11-7-18-19(32)6-3-10-28-18/h1-6,10,15,22H,7-9,11-14,26H2,(H2,27,30)/t22-/m1/s1. The molecule has 0 saturated carbocycles. The van der Waals surface area contributed by atoms with Crippen LogP contribution in [0.1, 0.15) is 46.2 Å². The summed E-state index contributed by atoms with van der Waals surface area (Å²) in [6, 6.07) is 12.3. The van der Waals surface area contributed by atoms with Crippen molar-refractivity contribution in [3.63, 3.8) is 0 Å². The van der Waals surface area contributed by atoms with Crippen LogP contribution in [0.5, 0.6) is 0 Å². The number of hydrogen-bond donors (Lipinski definition) is 2. The molecule has 2 aromatic heterocycles. The van der Waals surface area contributed by atoms with Gasteiger partial charge in [-0.2, -0.15) is 0 Å². The molecular formula is C25H27N7O. The number of rotatable bonds is 2. The second-order valence-corrected chi connectivity index (χ2v) is 9.34. The Balaban J connectivity index is 1.18. The molecule has 0 radical (unpaired) electrons. The molecule has 8 nitrogen and oxygen atoms in total. The Labute approximate surface area is 192 Å². The first-order valence-corrected chi connectivity index (χ1v) is 11.5. The fraction of sp³-hybridized carbons (Fsp3) is 0.360. The highest BCUT2D eigenvalue weighted by molar-refractivity contribution is 6.08. The van der Waals surface area contributed by atoms with E-state index in [9.17, 15) is 4.79 Å². The minimum atomic E-state index is -0.231. The van der Waals surface area contributed by atoms with Gasteiger partial charge in [-0.3, -0.25) is 9.78 Å². The van der Waals surface area contributed by atoms with E-state index in [1.54, 1.807) is 17.3 Å². The molecule has 0 unspecified atom stereocenters. The van der Waals surface area contributed by atoms with Crippen LogP contribution in [0, 0.1) is 5.41 Å². The summed E-state index contributed by atoms with van der Waals surface area (Å²) >= 11 is 0. The zero-order valence-electron chi connectivity index (χ0n) is 18.4. The number of aromatic nitrogens is 3. The van der Waals surface area contributed by atoms with Gasteiger partial charge in [0.15, 0.2) is 11.5 Å². The predicted octanol–water partition coefficient (Wildman–Crippen LogP) is 2.50. The lowest BCUT2D eigenvalue weighted by Gasteiger charge is -2.42. The molecule has 8 heteroatoms. The molecule has 168 valence electrons. The lowest BCUT2D eigenvalue weighted by molar-refractivity contribution is 0.0985. The highest BCUT2D eigenvalue weighted by atomic mass is 16.2. The van der Waals surface area contributed by atoms with Crippen LogP contribution in [-0.2, 0) is 12.8 Å². The second kappa shape index (κ2) is 7.52. The van der Waals surface area contributed by atoms with E-state index >= 15 is 0 Å². The van der Waals surface area contributed by atoms with Crippen molar-refractivity contribution < 1.29 is 4.79 Å². The molecule has 0 bridgehead atoms. The highest BCUT2D eigenvalue weighted by Crippen LogP contribution is 2.50. The number of hydrogen-bond acceptors (Lipinski definition) is 7. The molecule has 3 aliphatic rings. The van der Waals surface area contributed by atoms with Crippen LogP contribution in [-0.4, -0.2) is 40.5 Å². The van der Waals surface area contributed by atoms with Gasteiger partial charge in [-0.15, -0.1) is 0 Å². The van der Waals surface area contributed by atoms with Crippen LogP contribution in [0.4, 0.5) is 17.3 Å². The number of amides is 1. The molecule has 1 atom stereocenters. The molecule has 1 spiro atoms. The molecule has 1 aromatic carbocycles. The van der Waals surface area contributed by atoms with E-state index in [4.69, 9.17) is 11.5 Å².